The number of benzene rings is 7. The van der Waals surface area contributed by atoms with Gasteiger partial charge in [-0.25, -0.2) is 0 Å². The van der Waals surface area contributed by atoms with Crippen LogP contribution in [0.1, 0.15) is 25.7 Å². The Bertz CT molecular complexity index is 2770. The molecule has 4 heteroatoms. The second-order valence-corrected chi connectivity index (χ2v) is 16.4. The quantitative estimate of drug-likeness (QED) is 0.115. The smallest absolute Gasteiger partial charge is 0.0561 e. The minimum absolute atomic E-state index is 0.160. The molecule has 0 saturated carbocycles. The van der Waals surface area contributed by atoms with E-state index in [-0.39, 0.29) is 12.1 Å². The van der Waals surface area contributed by atoms with Crippen molar-refractivity contribution in [2.45, 2.75) is 37.8 Å². The summed E-state index contributed by atoms with van der Waals surface area (Å²) < 4.78 is 0. The monoisotopic (exact) mass is 828 g/mol. The standard InChI is InChI=1S/C60H52N4/c1-7-19-49(20-8-1)61(50-21-9-2-10-22-50)57-39-43-59(44-40-57)63(53-27-15-5-16-28-53)55-35-31-47(32-36-55)48-33-37-56(38-34-48)64(54-29-17-6-18-30-54)60-45-41-58(42-46-60)62(51-23-11-3-12-24-51)52-25-13-4-14-26-52/h1-3,5-13,15-27,29-45,53,60H,4,14,28,46H2. The van der Waals surface area contributed by atoms with E-state index >= 15 is 0 Å². The Kier molecular flexibility index (Phi) is 12.0. The van der Waals surface area contributed by atoms with E-state index in [0.29, 0.717) is 0 Å². The Morgan fingerprint density at radius 1 is 0.312 bits per heavy atom. The van der Waals surface area contributed by atoms with Gasteiger partial charge in [-0.15, -0.1) is 0 Å². The lowest BCUT2D eigenvalue weighted by atomic mass is 9.99. The molecule has 3 aliphatic rings. The summed E-state index contributed by atoms with van der Waals surface area (Å²) in [5.41, 5.74) is 14.0. The highest BCUT2D eigenvalue weighted by atomic mass is 15.2. The maximum atomic E-state index is 2.47. The van der Waals surface area contributed by atoms with Gasteiger partial charge in [0.2, 0.25) is 0 Å². The average molecular weight is 829 g/mol. The molecule has 0 aromatic heterocycles. The van der Waals surface area contributed by atoms with Crippen molar-refractivity contribution in [3.05, 3.63) is 266 Å². The fourth-order valence-corrected chi connectivity index (χ4v) is 9.15. The summed E-state index contributed by atoms with van der Waals surface area (Å²) in [6.07, 6.45) is 26.8. The van der Waals surface area contributed by atoms with Gasteiger partial charge in [0.1, 0.15) is 0 Å². The zero-order chi connectivity index (χ0) is 42.9. The van der Waals surface area contributed by atoms with Gasteiger partial charge in [-0.05, 0) is 146 Å². The largest absolute Gasteiger partial charge is 0.334 e. The van der Waals surface area contributed by atoms with Crippen LogP contribution in [0.4, 0.5) is 45.5 Å². The van der Waals surface area contributed by atoms with Crippen molar-refractivity contribution in [1.29, 1.82) is 0 Å². The number of para-hydroxylation sites is 4. The topological polar surface area (TPSA) is 13.0 Å². The molecule has 10 rings (SSSR count). The predicted octanol–water partition coefficient (Wildman–Crippen LogP) is 15.9. The molecule has 4 nitrogen and oxygen atoms in total. The second-order valence-electron chi connectivity index (χ2n) is 16.4. The summed E-state index contributed by atoms with van der Waals surface area (Å²) in [5.74, 6) is 0. The summed E-state index contributed by atoms with van der Waals surface area (Å²) in [4.78, 5) is 9.63. The first-order chi connectivity index (χ1) is 31.8. The van der Waals surface area contributed by atoms with Crippen LogP contribution in [0.2, 0.25) is 0 Å². The highest BCUT2D eigenvalue weighted by Gasteiger charge is 2.24. The first kappa shape index (κ1) is 40.3. The molecule has 0 heterocycles. The summed E-state index contributed by atoms with van der Waals surface area (Å²) >= 11 is 0. The number of hydrogen-bond acceptors (Lipinski definition) is 4. The first-order valence-corrected chi connectivity index (χ1v) is 22.5. The van der Waals surface area contributed by atoms with E-state index in [1.165, 1.54) is 39.6 Å². The molecular formula is C60H52N4. The molecule has 0 bridgehead atoms. The summed E-state index contributed by atoms with van der Waals surface area (Å²) in [7, 11) is 0. The maximum absolute atomic E-state index is 2.47. The summed E-state index contributed by atoms with van der Waals surface area (Å²) in [5, 5.41) is 0. The van der Waals surface area contributed by atoms with E-state index in [2.05, 4.69) is 274 Å². The molecule has 0 radical (unpaired) electrons. The van der Waals surface area contributed by atoms with Gasteiger partial charge in [0.05, 0.1) is 12.1 Å². The van der Waals surface area contributed by atoms with Crippen LogP contribution in [-0.2, 0) is 0 Å². The molecule has 64 heavy (non-hydrogen) atoms. The second kappa shape index (κ2) is 19.1. The van der Waals surface area contributed by atoms with Gasteiger partial charge < -0.3 is 19.6 Å². The van der Waals surface area contributed by atoms with E-state index in [1.54, 1.807) is 0 Å². The average Bonchev–Trinajstić information content (AvgIpc) is 3.38. The van der Waals surface area contributed by atoms with Crippen LogP contribution in [0.5, 0.6) is 0 Å². The molecule has 2 unspecified atom stereocenters. The van der Waals surface area contributed by atoms with Crippen molar-refractivity contribution in [3.8, 4) is 11.1 Å². The van der Waals surface area contributed by atoms with Gasteiger partial charge in [0, 0.05) is 56.9 Å². The molecule has 2 atom stereocenters. The molecule has 0 spiro atoms. The van der Waals surface area contributed by atoms with Crippen LogP contribution < -0.4 is 19.6 Å². The molecule has 7 aromatic rings. The molecule has 0 saturated heterocycles. The number of anilines is 8. The van der Waals surface area contributed by atoms with Crippen LogP contribution in [0.3, 0.4) is 0 Å². The fourth-order valence-electron chi connectivity index (χ4n) is 9.15. The molecule has 0 N–H and O–H groups in total. The third-order valence-corrected chi connectivity index (χ3v) is 12.3. The van der Waals surface area contributed by atoms with E-state index in [1.807, 2.05) is 0 Å². The Morgan fingerprint density at radius 2 is 0.734 bits per heavy atom. The van der Waals surface area contributed by atoms with Gasteiger partial charge in [-0.2, -0.15) is 0 Å². The lowest BCUT2D eigenvalue weighted by molar-refractivity contribution is 0.775. The molecule has 312 valence electrons. The molecule has 7 aromatic carbocycles. The maximum Gasteiger partial charge on any atom is 0.0561 e. The van der Waals surface area contributed by atoms with Gasteiger partial charge in [-0.1, -0.05) is 146 Å². The Labute approximate surface area is 378 Å². The fraction of sp³-hybridized carbons (Fsp3) is 0.100. The van der Waals surface area contributed by atoms with Crippen molar-refractivity contribution in [2.24, 2.45) is 0 Å². The van der Waals surface area contributed by atoms with Crippen LogP contribution in [0.15, 0.2) is 266 Å². The minimum atomic E-state index is 0.160. The van der Waals surface area contributed by atoms with Gasteiger partial charge in [-0.3, -0.25) is 0 Å². The number of rotatable bonds is 13. The molecule has 0 fully saturated rings. The highest BCUT2D eigenvalue weighted by Crippen LogP contribution is 2.39. The summed E-state index contributed by atoms with van der Waals surface area (Å²) in [6.45, 7) is 0. The lowest BCUT2D eigenvalue weighted by Crippen LogP contribution is -2.31. The SMILES string of the molecule is C1=CCC(N(c2ccc(-c3ccc(N(c4ccccc4)C4C=CC(N(C5=CCCC=C5)c5ccccc5)=CC4)cc3)cc2)c2ccc(N(c3ccccc3)c3ccccc3)cc2)C=C1. The van der Waals surface area contributed by atoms with E-state index in [4.69, 9.17) is 0 Å². The predicted molar refractivity (Wildman–Crippen MR) is 271 cm³/mol. The van der Waals surface area contributed by atoms with Crippen molar-refractivity contribution >= 4 is 45.5 Å². The number of hydrogen-bond donors (Lipinski definition) is 0. The molecule has 0 amide bonds. The first-order valence-electron chi connectivity index (χ1n) is 22.5. The molecule has 0 aliphatic heterocycles. The van der Waals surface area contributed by atoms with Crippen molar-refractivity contribution in [3.63, 3.8) is 0 Å². The number of nitrogens with zero attached hydrogens (tertiary/aromatic N) is 4. The Hall–Kier alpha value is -7.82. The Balaban J connectivity index is 0.903. The van der Waals surface area contributed by atoms with Crippen LogP contribution >= 0.6 is 0 Å². The Morgan fingerprint density at radius 3 is 1.19 bits per heavy atom. The summed E-state index contributed by atoms with van der Waals surface area (Å²) in [6, 6.07) is 70.2. The van der Waals surface area contributed by atoms with E-state index < -0.39 is 0 Å². The van der Waals surface area contributed by atoms with Crippen molar-refractivity contribution < 1.29 is 0 Å². The zero-order valence-corrected chi connectivity index (χ0v) is 36.0. The van der Waals surface area contributed by atoms with Crippen molar-refractivity contribution in [2.75, 3.05) is 19.6 Å². The normalized spacial score (nSPS) is 16.4. The highest BCUT2D eigenvalue weighted by molar-refractivity contribution is 5.79. The van der Waals surface area contributed by atoms with Gasteiger partial charge in [0.25, 0.3) is 0 Å². The third-order valence-electron chi connectivity index (χ3n) is 12.3. The minimum Gasteiger partial charge on any atom is -0.334 e. The lowest BCUT2D eigenvalue weighted by Gasteiger charge is -2.35. The number of allylic oxidation sites excluding steroid dienone is 6. The third kappa shape index (κ3) is 8.77. The van der Waals surface area contributed by atoms with E-state index in [9.17, 15) is 0 Å². The molecule has 3 aliphatic carbocycles. The van der Waals surface area contributed by atoms with Gasteiger partial charge in [0.15, 0.2) is 0 Å². The van der Waals surface area contributed by atoms with Crippen LogP contribution in [-0.4, -0.2) is 12.1 Å². The van der Waals surface area contributed by atoms with Crippen LogP contribution in [0.25, 0.3) is 11.1 Å². The molecular weight excluding hydrogens is 777 g/mol. The zero-order valence-electron chi connectivity index (χ0n) is 36.0. The van der Waals surface area contributed by atoms with Crippen LogP contribution in [0, 0.1) is 0 Å². The van der Waals surface area contributed by atoms with E-state index in [0.717, 1.165) is 54.1 Å². The van der Waals surface area contributed by atoms with Crippen molar-refractivity contribution in [1.82, 2.24) is 0 Å². The van der Waals surface area contributed by atoms with Gasteiger partial charge >= 0.3 is 0 Å².